The van der Waals surface area contributed by atoms with E-state index in [1.807, 2.05) is 31.5 Å². The third-order valence-electron chi connectivity index (χ3n) is 12.1. The number of likely N-dealkylation sites (tertiary alicyclic amines) is 2. The van der Waals surface area contributed by atoms with Crippen LogP contribution in [0.3, 0.4) is 0 Å². The zero-order valence-electron chi connectivity index (χ0n) is 28.2. The van der Waals surface area contributed by atoms with E-state index in [9.17, 15) is 0 Å². The molecule has 0 saturated carbocycles. The highest BCUT2D eigenvalue weighted by Crippen LogP contribution is 2.62. The number of piperidine rings is 3. The van der Waals surface area contributed by atoms with Gasteiger partial charge in [-0.25, -0.2) is 10.0 Å². The molecule has 0 aliphatic carbocycles. The molecule has 10 nitrogen and oxygen atoms in total. The van der Waals surface area contributed by atoms with E-state index in [0.29, 0.717) is 0 Å². The Kier molecular flexibility index (Phi) is 9.58. The average Bonchev–Trinajstić information content (AvgIpc) is 3.13. The maximum absolute atomic E-state index is 15.5. The van der Waals surface area contributed by atoms with Crippen molar-refractivity contribution in [3.63, 3.8) is 0 Å². The van der Waals surface area contributed by atoms with Crippen molar-refractivity contribution in [3.8, 4) is 0 Å². The summed E-state index contributed by atoms with van der Waals surface area (Å²) >= 11 is 0. The van der Waals surface area contributed by atoms with Crippen LogP contribution in [0.15, 0.2) is 48.8 Å². The van der Waals surface area contributed by atoms with Crippen molar-refractivity contribution in [2.24, 2.45) is 0 Å². The Balaban J connectivity index is 1.62. The lowest BCUT2D eigenvalue weighted by Gasteiger charge is -2.75. The standard InChI is InChI=1S/C36H55N9O/c1-30(46)35(42-23-11-4-12-24-42)31(32-13-5-7-15-39-32)29-45(44-27-19-38-20-28-44)34(2,41-21-9-3-10-22-41)36(35,33-14-6-8-16-40-33)43-25-17-37-18-26-43/h5-8,13-16,31,37-38H,3-4,9-12,17-29H2,1-2H3. The first-order chi connectivity index (χ1) is 22.6. The summed E-state index contributed by atoms with van der Waals surface area (Å²) in [6.45, 7) is 16.3. The molecular formula is C36H55N9O. The van der Waals surface area contributed by atoms with E-state index in [2.05, 4.69) is 66.5 Å². The minimum Gasteiger partial charge on any atom is -0.314 e. The second kappa shape index (κ2) is 13.7. The van der Waals surface area contributed by atoms with E-state index in [4.69, 9.17) is 9.97 Å². The van der Waals surface area contributed by atoms with Crippen molar-refractivity contribution >= 4 is 5.78 Å². The molecule has 7 rings (SSSR count). The average molecular weight is 630 g/mol. The molecule has 0 amide bonds. The van der Waals surface area contributed by atoms with Crippen LogP contribution in [0.1, 0.15) is 69.7 Å². The molecule has 0 radical (unpaired) electrons. The Morgan fingerprint density at radius 2 is 1.30 bits per heavy atom. The van der Waals surface area contributed by atoms with E-state index in [-0.39, 0.29) is 11.7 Å². The molecule has 4 unspecified atom stereocenters. The van der Waals surface area contributed by atoms with Crippen LogP contribution in [0.25, 0.3) is 0 Å². The molecule has 46 heavy (non-hydrogen) atoms. The van der Waals surface area contributed by atoms with Gasteiger partial charge >= 0.3 is 0 Å². The number of ketones is 1. The summed E-state index contributed by atoms with van der Waals surface area (Å²) in [6.07, 6.45) is 10.9. The van der Waals surface area contributed by atoms with Gasteiger partial charge in [-0.2, -0.15) is 0 Å². The maximum Gasteiger partial charge on any atom is 0.153 e. The largest absolute Gasteiger partial charge is 0.314 e. The Morgan fingerprint density at radius 3 is 1.87 bits per heavy atom. The predicted octanol–water partition coefficient (Wildman–Crippen LogP) is 2.51. The lowest BCUT2D eigenvalue weighted by atomic mass is 9.53. The number of hydrogen-bond acceptors (Lipinski definition) is 10. The first-order valence-corrected chi connectivity index (χ1v) is 18.1. The summed E-state index contributed by atoms with van der Waals surface area (Å²) in [4.78, 5) is 34.1. The summed E-state index contributed by atoms with van der Waals surface area (Å²) in [5.74, 6) is 0.0892. The molecule has 5 fully saturated rings. The van der Waals surface area contributed by atoms with Gasteiger partial charge in [0.05, 0.1) is 5.69 Å². The van der Waals surface area contributed by atoms with Gasteiger partial charge in [-0.15, -0.1) is 0 Å². The molecule has 2 aromatic rings. The molecule has 0 bridgehead atoms. The molecule has 250 valence electrons. The minimum atomic E-state index is -0.899. The van der Waals surface area contributed by atoms with Crippen LogP contribution in [-0.2, 0) is 10.3 Å². The molecule has 7 heterocycles. The van der Waals surface area contributed by atoms with Crippen molar-refractivity contribution in [2.45, 2.75) is 75.0 Å². The number of aromatic nitrogens is 2. The maximum atomic E-state index is 15.5. The van der Waals surface area contributed by atoms with Gasteiger partial charge in [0, 0.05) is 96.0 Å². The molecule has 0 aromatic carbocycles. The first kappa shape index (κ1) is 32.2. The van der Waals surface area contributed by atoms with Crippen LogP contribution in [0, 0.1) is 0 Å². The third kappa shape index (κ3) is 4.98. The van der Waals surface area contributed by atoms with Crippen molar-refractivity contribution < 1.29 is 4.79 Å². The zero-order chi connectivity index (χ0) is 31.6. The van der Waals surface area contributed by atoms with Gasteiger partial charge in [0.15, 0.2) is 5.78 Å². The van der Waals surface area contributed by atoms with E-state index in [1.54, 1.807) is 0 Å². The van der Waals surface area contributed by atoms with E-state index in [0.717, 1.165) is 109 Å². The van der Waals surface area contributed by atoms with E-state index in [1.165, 1.54) is 25.7 Å². The van der Waals surface area contributed by atoms with Crippen molar-refractivity contribution in [1.29, 1.82) is 0 Å². The van der Waals surface area contributed by atoms with Crippen LogP contribution in [0.5, 0.6) is 0 Å². The molecule has 10 heteroatoms. The molecule has 2 N–H and O–H groups in total. The fourth-order valence-electron chi connectivity index (χ4n) is 10.3. The van der Waals surface area contributed by atoms with Crippen molar-refractivity contribution in [1.82, 2.24) is 45.3 Å². The summed E-state index contributed by atoms with van der Waals surface area (Å²) in [7, 11) is 0. The highest BCUT2D eigenvalue weighted by atomic mass is 16.1. The number of nitrogens with one attached hydrogen (secondary N) is 2. The Morgan fingerprint density at radius 1 is 0.717 bits per heavy atom. The summed E-state index contributed by atoms with van der Waals surface area (Å²) in [5.41, 5.74) is -0.226. The van der Waals surface area contributed by atoms with Crippen LogP contribution >= 0.6 is 0 Å². The Hall–Kier alpha value is -2.31. The Bertz CT molecular complexity index is 1290. The zero-order valence-corrected chi connectivity index (χ0v) is 28.2. The van der Waals surface area contributed by atoms with E-state index < -0.39 is 16.7 Å². The summed E-state index contributed by atoms with van der Waals surface area (Å²) < 4.78 is 0. The van der Waals surface area contributed by atoms with Crippen LogP contribution in [-0.4, -0.2) is 137 Å². The SMILES string of the molecule is CC(=O)C1(N2CCCCC2)C(c2ccccn2)CN(N2CCNCC2)C(C)(N2CCCCC2)C1(c1ccccn1)N1CCNCC1. The number of rotatable bonds is 7. The van der Waals surface area contributed by atoms with Crippen molar-refractivity contribution in [3.05, 3.63) is 60.2 Å². The van der Waals surface area contributed by atoms with Gasteiger partial charge in [-0.3, -0.25) is 29.5 Å². The van der Waals surface area contributed by atoms with Crippen molar-refractivity contribution in [2.75, 3.05) is 85.1 Å². The van der Waals surface area contributed by atoms with Gasteiger partial charge < -0.3 is 10.6 Å². The van der Waals surface area contributed by atoms with Gasteiger partial charge in [0.2, 0.25) is 0 Å². The Labute approximate surface area is 275 Å². The topological polar surface area (TPSA) is 83.1 Å². The molecule has 2 aromatic heterocycles. The van der Waals surface area contributed by atoms with Crippen LogP contribution in [0.4, 0.5) is 0 Å². The van der Waals surface area contributed by atoms with Gasteiger partial charge in [0.25, 0.3) is 0 Å². The number of carbonyl (C=O) groups is 1. The minimum absolute atomic E-state index is 0.158. The second-order valence-electron chi connectivity index (χ2n) is 14.2. The van der Waals surface area contributed by atoms with Gasteiger partial charge in [-0.05, 0) is 76.9 Å². The first-order valence-electron chi connectivity index (χ1n) is 18.1. The molecule has 4 atom stereocenters. The third-order valence-corrected chi connectivity index (χ3v) is 12.1. The number of pyridine rings is 2. The van der Waals surface area contributed by atoms with Crippen LogP contribution in [0.2, 0.25) is 0 Å². The number of nitrogens with zero attached hydrogens (tertiary/aromatic N) is 7. The fourth-order valence-corrected chi connectivity index (χ4v) is 10.3. The molecular weight excluding hydrogens is 574 g/mol. The lowest BCUT2D eigenvalue weighted by molar-refractivity contribution is -0.304. The highest BCUT2D eigenvalue weighted by molar-refractivity contribution is 5.90. The number of Topliss-reactive ketones (excluding diaryl/α,β-unsaturated/α-hetero) is 1. The lowest BCUT2D eigenvalue weighted by Crippen LogP contribution is -2.92. The van der Waals surface area contributed by atoms with E-state index >= 15 is 4.79 Å². The predicted molar refractivity (Wildman–Crippen MR) is 181 cm³/mol. The molecule has 5 aliphatic heterocycles. The second-order valence-corrected chi connectivity index (χ2v) is 14.2. The molecule has 0 spiro atoms. The highest BCUT2D eigenvalue weighted by Gasteiger charge is 2.78. The quantitative estimate of drug-likeness (QED) is 0.477. The van der Waals surface area contributed by atoms with Gasteiger partial charge in [-0.1, -0.05) is 25.0 Å². The summed E-state index contributed by atoms with van der Waals surface area (Å²) in [6, 6.07) is 12.8. The van der Waals surface area contributed by atoms with Gasteiger partial charge in [0.1, 0.15) is 16.7 Å². The molecule has 5 saturated heterocycles. The monoisotopic (exact) mass is 629 g/mol. The number of carbonyl (C=O) groups excluding carboxylic acids is 1. The number of hydrazine groups is 1. The number of hydrogen-bond donors (Lipinski definition) is 2. The summed E-state index contributed by atoms with van der Waals surface area (Å²) in [5, 5.41) is 12.6. The molecule has 5 aliphatic rings. The fraction of sp³-hybridized carbons (Fsp3) is 0.694. The smallest absolute Gasteiger partial charge is 0.153 e. The number of piperazine rings is 2. The van der Waals surface area contributed by atoms with Crippen LogP contribution < -0.4 is 10.6 Å². The normalized spacial score (nSPS) is 34.8.